The molecule has 0 radical (unpaired) electrons. The number of thioether (sulfide) groups is 1. The summed E-state index contributed by atoms with van der Waals surface area (Å²) in [6.07, 6.45) is 4.76. The minimum atomic E-state index is -0.123. The van der Waals surface area contributed by atoms with Crippen molar-refractivity contribution < 1.29 is 4.79 Å². The molecule has 0 unspecified atom stereocenters. The number of rotatable bonds is 6. The van der Waals surface area contributed by atoms with Gasteiger partial charge in [-0.15, -0.1) is 10.2 Å². The van der Waals surface area contributed by atoms with Crippen molar-refractivity contribution in [3.8, 4) is 0 Å². The highest BCUT2D eigenvalue weighted by Crippen LogP contribution is 2.46. The third-order valence-corrected chi connectivity index (χ3v) is 5.57. The summed E-state index contributed by atoms with van der Waals surface area (Å²) < 4.78 is 2.24. The topological polar surface area (TPSA) is 59.8 Å². The fourth-order valence-corrected chi connectivity index (χ4v) is 3.86. The first-order valence-electron chi connectivity index (χ1n) is 7.94. The lowest BCUT2D eigenvalue weighted by molar-refractivity contribution is -0.113. The van der Waals surface area contributed by atoms with Gasteiger partial charge in [-0.2, -0.15) is 0 Å². The van der Waals surface area contributed by atoms with E-state index >= 15 is 0 Å². The lowest BCUT2D eigenvalue weighted by atomic mass is 10.3. The number of aromatic nitrogens is 3. The van der Waals surface area contributed by atoms with Crippen molar-refractivity contribution >= 4 is 46.6 Å². The van der Waals surface area contributed by atoms with E-state index in [1.54, 1.807) is 18.2 Å². The van der Waals surface area contributed by atoms with Gasteiger partial charge < -0.3 is 9.88 Å². The van der Waals surface area contributed by atoms with Crippen LogP contribution in [0.15, 0.2) is 23.4 Å². The van der Waals surface area contributed by atoms with Crippen LogP contribution < -0.4 is 5.32 Å². The fraction of sp³-hybridized carbons (Fsp3) is 0.438. The molecule has 0 spiro atoms. The van der Waals surface area contributed by atoms with Crippen LogP contribution in [0, 0.1) is 0 Å². The lowest BCUT2D eigenvalue weighted by Crippen LogP contribution is -2.15. The highest BCUT2D eigenvalue weighted by molar-refractivity contribution is 7.99. The summed E-state index contributed by atoms with van der Waals surface area (Å²) in [5.41, 5.74) is 0.564. The van der Waals surface area contributed by atoms with E-state index < -0.39 is 0 Å². The van der Waals surface area contributed by atoms with Gasteiger partial charge in [0, 0.05) is 17.0 Å². The highest BCUT2D eigenvalue weighted by atomic mass is 35.5. The Balaban J connectivity index is 1.40. The van der Waals surface area contributed by atoms with Crippen molar-refractivity contribution in [1.82, 2.24) is 14.8 Å². The van der Waals surface area contributed by atoms with Gasteiger partial charge in [-0.1, -0.05) is 35.0 Å². The summed E-state index contributed by atoms with van der Waals surface area (Å²) in [4.78, 5) is 12.2. The number of amides is 1. The summed E-state index contributed by atoms with van der Waals surface area (Å²) in [6, 6.07) is 5.52. The molecule has 8 heteroatoms. The number of nitrogens with zero attached hydrogens (tertiary/aromatic N) is 3. The number of carbonyl (C=O) groups excluding carboxylic acids is 1. The number of carbonyl (C=O) groups is 1. The minimum Gasteiger partial charge on any atom is -0.324 e. The van der Waals surface area contributed by atoms with E-state index in [4.69, 9.17) is 23.2 Å². The molecular formula is C16H16Cl2N4OS. The zero-order chi connectivity index (χ0) is 16.7. The van der Waals surface area contributed by atoms with E-state index in [0.29, 0.717) is 27.7 Å². The van der Waals surface area contributed by atoms with Crippen molar-refractivity contribution in [1.29, 1.82) is 0 Å². The predicted octanol–water partition coefficient (Wildman–Crippen LogP) is 4.53. The standard InChI is InChI=1S/C16H16Cl2N4OS/c17-10-3-6-13(12(18)7-10)19-14(23)8-24-16-21-20-15(9-1-2-9)22(16)11-4-5-11/h3,6-7,9,11H,1-2,4-5,8H2,(H,19,23). The van der Waals surface area contributed by atoms with Crippen LogP contribution in [0.1, 0.15) is 43.5 Å². The van der Waals surface area contributed by atoms with E-state index in [1.807, 2.05) is 0 Å². The van der Waals surface area contributed by atoms with Crippen LogP contribution in [-0.4, -0.2) is 26.4 Å². The molecular weight excluding hydrogens is 367 g/mol. The van der Waals surface area contributed by atoms with Gasteiger partial charge >= 0.3 is 0 Å². The van der Waals surface area contributed by atoms with Crippen molar-refractivity contribution in [2.45, 2.75) is 42.8 Å². The Kier molecular flexibility index (Phi) is 4.45. The third-order valence-electron chi connectivity index (χ3n) is 4.08. The monoisotopic (exact) mass is 382 g/mol. The minimum absolute atomic E-state index is 0.123. The predicted molar refractivity (Wildman–Crippen MR) is 96.1 cm³/mol. The van der Waals surface area contributed by atoms with Crippen LogP contribution in [0.25, 0.3) is 0 Å². The summed E-state index contributed by atoms with van der Waals surface area (Å²) in [7, 11) is 0. The number of halogens is 2. The van der Waals surface area contributed by atoms with Crippen molar-refractivity contribution in [3.63, 3.8) is 0 Å². The van der Waals surface area contributed by atoms with E-state index in [0.717, 1.165) is 11.0 Å². The maximum atomic E-state index is 12.2. The van der Waals surface area contributed by atoms with Crippen molar-refractivity contribution in [3.05, 3.63) is 34.1 Å². The van der Waals surface area contributed by atoms with Gasteiger partial charge in [-0.3, -0.25) is 4.79 Å². The molecule has 0 saturated heterocycles. The molecule has 24 heavy (non-hydrogen) atoms. The first-order valence-corrected chi connectivity index (χ1v) is 9.68. The second-order valence-corrected chi connectivity index (χ2v) is 7.96. The Morgan fingerprint density at radius 2 is 2.04 bits per heavy atom. The highest BCUT2D eigenvalue weighted by Gasteiger charge is 2.36. The van der Waals surface area contributed by atoms with E-state index in [9.17, 15) is 4.79 Å². The Bertz CT molecular complexity index is 786. The molecule has 0 aliphatic heterocycles. The van der Waals surface area contributed by atoms with E-state index in [2.05, 4.69) is 20.1 Å². The van der Waals surface area contributed by atoms with Crippen molar-refractivity contribution in [2.24, 2.45) is 0 Å². The summed E-state index contributed by atoms with van der Waals surface area (Å²) in [5, 5.41) is 13.3. The number of anilines is 1. The third kappa shape index (κ3) is 3.55. The maximum absolute atomic E-state index is 12.2. The molecule has 1 N–H and O–H groups in total. The van der Waals surface area contributed by atoms with E-state index in [1.165, 1.54) is 37.4 Å². The zero-order valence-electron chi connectivity index (χ0n) is 12.8. The van der Waals surface area contributed by atoms with Gasteiger partial charge in [0.25, 0.3) is 0 Å². The van der Waals surface area contributed by atoms with Crippen molar-refractivity contribution in [2.75, 3.05) is 11.1 Å². The quantitative estimate of drug-likeness (QED) is 0.745. The largest absolute Gasteiger partial charge is 0.324 e. The molecule has 2 fully saturated rings. The van der Waals surface area contributed by atoms with Gasteiger partial charge in [0.15, 0.2) is 5.16 Å². The van der Waals surface area contributed by atoms with Crippen LogP contribution in [-0.2, 0) is 4.79 Å². The first kappa shape index (κ1) is 16.2. The molecule has 2 aromatic rings. The normalized spacial score (nSPS) is 17.1. The second-order valence-electron chi connectivity index (χ2n) is 6.18. The molecule has 2 saturated carbocycles. The maximum Gasteiger partial charge on any atom is 0.234 e. The van der Waals surface area contributed by atoms with E-state index in [-0.39, 0.29) is 11.7 Å². The molecule has 1 aromatic carbocycles. The number of nitrogens with one attached hydrogen (secondary N) is 1. The molecule has 0 atom stereocenters. The summed E-state index contributed by atoms with van der Waals surface area (Å²) in [6.45, 7) is 0. The molecule has 0 bridgehead atoms. The molecule has 5 nitrogen and oxygen atoms in total. The summed E-state index contributed by atoms with van der Waals surface area (Å²) >= 11 is 13.4. The van der Waals surface area contributed by atoms with Crippen LogP contribution in [0.3, 0.4) is 0 Å². The van der Waals surface area contributed by atoms with Gasteiger partial charge in [0.1, 0.15) is 5.82 Å². The van der Waals surface area contributed by atoms with Gasteiger partial charge in [-0.05, 0) is 43.9 Å². The average Bonchev–Trinajstić information content (AvgIpc) is 3.47. The van der Waals surface area contributed by atoms with Crippen LogP contribution >= 0.6 is 35.0 Å². The summed E-state index contributed by atoms with van der Waals surface area (Å²) in [5.74, 6) is 1.81. The van der Waals surface area contributed by atoms with Gasteiger partial charge in [0.2, 0.25) is 5.91 Å². The van der Waals surface area contributed by atoms with Gasteiger partial charge in [0.05, 0.1) is 16.5 Å². The number of hydrogen-bond acceptors (Lipinski definition) is 4. The molecule has 1 aromatic heterocycles. The smallest absolute Gasteiger partial charge is 0.234 e. The second kappa shape index (κ2) is 6.58. The Labute approximate surface area is 154 Å². The SMILES string of the molecule is O=C(CSc1nnc(C2CC2)n1C1CC1)Nc1ccc(Cl)cc1Cl. The molecule has 1 heterocycles. The zero-order valence-corrected chi connectivity index (χ0v) is 15.2. The Morgan fingerprint density at radius 3 is 2.71 bits per heavy atom. The van der Waals surface area contributed by atoms with Crippen LogP contribution in [0.2, 0.25) is 10.0 Å². The Morgan fingerprint density at radius 1 is 1.25 bits per heavy atom. The lowest BCUT2D eigenvalue weighted by Gasteiger charge is -2.09. The molecule has 1 amide bonds. The Hall–Kier alpha value is -1.24. The van der Waals surface area contributed by atoms with Crippen LogP contribution in [0.4, 0.5) is 5.69 Å². The molecule has 2 aliphatic carbocycles. The van der Waals surface area contributed by atoms with Crippen LogP contribution in [0.5, 0.6) is 0 Å². The number of hydrogen-bond donors (Lipinski definition) is 1. The fourth-order valence-electron chi connectivity index (χ4n) is 2.59. The first-order chi connectivity index (χ1) is 11.6. The molecule has 4 rings (SSSR count). The average molecular weight is 383 g/mol. The number of benzene rings is 1. The van der Waals surface area contributed by atoms with Gasteiger partial charge in [-0.25, -0.2) is 0 Å². The molecule has 126 valence electrons. The molecule has 2 aliphatic rings.